The van der Waals surface area contributed by atoms with Crippen molar-refractivity contribution < 1.29 is 14.3 Å². The topological polar surface area (TPSA) is 38.8 Å². The number of carbonyl (C=O) groups is 1. The Morgan fingerprint density at radius 1 is 1.64 bits per heavy atom. The third-order valence-electron chi connectivity index (χ3n) is 2.16. The Kier molecular flexibility index (Phi) is 2.50. The van der Waals surface area contributed by atoms with Crippen LogP contribution in [0.5, 0.6) is 5.75 Å². The standard InChI is InChI=1S/C11H12O3/c1-8-4-9(5-12)2-3-11(8)14-7-10-6-13-10/h2-5,10H,6-7H2,1H3/t10-/m1/s1. The number of hydrogen-bond donors (Lipinski definition) is 0. The minimum Gasteiger partial charge on any atom is -0.491 e. The minimum absolute atomic E-state index is 0.264. The van der Waals surface area contributed by atoms with Gasteiger partial charge in [0.1, 0.15) is 24.7 Å². The lowest BCUT2D eigenvalue weighted by molar-refractivity contribution is 0.112. The minimum atomic E-state index is 0.264. The van der Waals surface area contributed by atoms with E-state index in [0.29, 0.717) is 12.2 Å². The van der Waals surface area contributed by atoms with Crippen molar-refractivity contribution in [2.75, 3.05) is 13.2 Å². The van der Waals surface area contributed by atoms with Gasteiger partial charge < -0.3 is 9.47 Å². The van der Waals surface area contributed by atoms with Gasteiger partial charge in [-0.2, -0.15) is 0 Å². The van der Waals surface area contributed by atoms with Crippen LogP contribution in [-0.2, 0) is 4.74 Å². The third-order valence-corrected chi connectivity index (χ3v) is 2.16. The highest BCUT2D eigenvalue weighted by Gasteiger charge is 2.23. The molecule has 1 aromatic rings. The zero-order chi connectivity index (χ0) is 9.97. The van der Waals surface area contributed by atoms with E-state index in [-0.39, 0.29) is 6.10 Å². The van der Waals surface area contributed by atoms with Crippen molar-refractivity contribution in [2.24, 2.45) is 0 Å². The second kappa shape index (κ2) is 3.80. The van der Waals surface area contributed by atoms with E-state index in [2.05, 4.69) is 0 Å². The van der Waals surface area contributed by atoms with Crippen molar-refractivity contribution in [3.63, 3.8) is 0 Å². The maximum absolute atomic E-state index is 10.5. The van der Waals surface area contributed by atoms with Crippen LogP contribution in [0.25, 0.3) is 0 Å². The molecular formula is C11H12O3. The molecule has 74 valence electrons. The Hall–Kier alpha value is -1.35. The molecule has 1 aliphatic rings. The van der Waals surface area contributed by atoms with Crippen molar-refractivity contribution in [1.82, 2.24) is 0 Å². The number of aryl methyl sites for hydroxylation is 1. The van der Waals surface area contributed by atoms with Crippen LogP contribution in [0.1, 0.15) is 15.9 Å². The summed E-state index contributed by atoms with van der Waals surface area (Å²) < 4.78 is 10.6. The van der Waals surface area contributed by atoms with Crippen LogP contribution in [0, 0.1) is 6.92 Å². The molecule has 0 spiro atoms. The molecule has 3 heteroatoms. The predicted octanol–water partition coefficient (Wildman–Crippen LogP) is 1.59. The van der Waals surface area contributed by atoms with Crippen LogP contribution in [-0.4, -0.2) is 25.6 Å². The fourth-order valence-corrected chi connectivity index (χ4v) is 1.25. The highest BCUT2D eigenvalue weighted by atomic mass is 16.6. The van der Waals surface area contributed by atoms with Crippen LogP contribution < -0.4 is 4.74 Å². The molecular weight excluding hydrogens is 180 g/mol. The van der Waals surface area contributed by atoms with E-state index in [1.807, 2.05) is 19.1 Å². The molecule has 0 bridgehead atoms. The first-order valence-corrected chi connectivity index (χ1v) is 4.60. The molecule has 1 saturated heterocycles. The van der Waals surface area contributed by atoms with Gasteiger partial charge in [-0.05, 0) is 30.7 Å². The number of ether oxygens (including phenoxy) is 2. The number of hydrogen-bond acceptors (Lipinski definition) is 3. The van der Waals surface area contributed by atoms with E-state index >= 15 is 0 Å². The first-order valence-electron chi connectivity index (χ1n) is 4.60. The van der Waals surface area contributed by atoms with Crippen molar-refractivity contribution in [2.45, 2.75) is 13.0 Å². The first-order chi connectivity index (χ1) is 6.79. The fourth-order valence-electron chi connectivity index (χ4n) is 1.25. The van der Waals surface area contributed by atoms with E-state index in [4.69, 9.17) is 9.47 Å². The summed E-state index contributed by atoms with van der Waals surface area (Å²) in [4.78, 5) is 10.5. The molecule has 1 aromatic carbocycles. The van der Waals surface area contributed by atoms with Gasteiger partial charge in [-0.25, -0.2) is 0 Å². The summed E-state index contributed by atoms with van der Waals surface area (Å²) in [5, 5.41) is 0. The number of benzene rings is 1. The van der Waals surface area contributed by atoms with Gasteiger partial charge in [-0.3, -0.25) is 4.79 Å². The maximum Gasteiger partial charge on any atom is 0.150 e. The van der Waals surface area contributed by atoms with Gasteiger partial charge in [0.15, 0.2) is 0 Å². The molecule has 0 aromatic heterocycles. The van der Waals surface area contributed by atoms with Gasteiger partial charge in [0.2, 0.25) is 0 Å². The van der Waals surface area contributed by atoms with Crippen molar-refractivity contribution in [1.29, 1.82) is 0 Å². The lowest BCUT2D eigenvalue weighted by Gasteiger charge is -2.07. The van der Waals surface area contributed by atoms with Gasteiger partial charge in [-0.15, -0.1) is 0 Å². The van der Waals surface area contributed by atoms with Crippen LogP contribution in [0.15, 0.2) is 18.2 Å². The summed E-state index contributed by atoms with van der Waals surface area (Å²) >= 11 is 0. The zero-order valence-electron chi connectivity index (χ0n) is 8.03. The molecule has 14 heavy (non-hydrogen) atoms. The molecule has 0 aliphatic carbocycles. The van der Waals surface area contributed by atoms with Gasteiger partial charge in [0, 0.05) is 5.56 Å². The Morgan fingerprint density at radius 3 is 3.00 bits per heavy atom. The molecule has 0 radical (unpaired) electrons. The molecule has 0 N–H and O–H groups in total. The summed E-state index contributed by atoms with van der Waals surface area (Å²) in [6.45, 7) is 3.32. The van der Waals surface area contributed by atoms with E-state index in [1.165, 1.54) is 0 Å². The second-order valence-electron chi connectivity index (χ2n) is 3.41. The van der Waals surface area contributed by atoms with E-state index in [9.17, 15) is 4.79 Å². The van der Waals surface area contributed by atoms with Gasteiger partial charge in [0.25, 0.3) is 0 Å². The zero-order valence-corrected chi connectivity index (χ0v) is 8.03. The Balaban J connectivity index is 2.04. The lowest BCUT2D eigenvalue weighted by atomic mass is 10.1. The first kappa shape index (κ1) is 9.21. The highest BCUT2D eigenvalue weighted by Crippen LogP contribution is 2.20. The SMILES string of the molecule is Cc1cc(C=O)ccc1OC[C@H]1CO1. The largest absolute Gasteiger partial charge is 0.491 e. The molecule has 1 aliphatic heterocycles. The van der Waals surface area contributed by atoms with Crippen molar-refractivity contribution >= 4 is 6.29 Å². The summed E-state index contributed by atoms with van der Waals surface area (Å²) in [5.41, 5.74) is 1.66. The summed E-state index contributed by atoms with van der Waals surface area (Å²) in [5.74, 6) is 0.825. The van der Waals surface area contributed by atoms with Gasteiger partial charge >= 0.3 is 0 Å². The monoisotopic (exact) mass is 192 g/mol. The van der Waals surface area contributed by atoms with Crippen LogP contribution in [0.3, 0.4) is 0 Å². The molecule has 1 fully saturated rings. The average molecular weight is 192 g/mol. The Labute approximate surface area is 82.6 Å². The van der Waals surface area contributed by atoms with Gasteiger partial charge in [-0.1, -0.05) is 0 Å². The van der Waals surface area contributed by atoms with Crippen molar-refractivity contribution in [3.05, 3.63) is 29.3 Å². The van der Waals surface area contributed by atoms with E-state index in [0.717, 1.165) is 24.2 Å². The average Bonchev–Trinajstić information content (AvgIpc) is 2.99. The van der Waals surface area contributed by atoms with Crippen LogP contribution in [0.4, 0.5) is 0 Å². The highest BCUT2D eigenvalue weighted by molar-refractivity contribution is 5.75. The summed E-state index contributed by atoms with van der Waals surface area (Å²) in [7, 11) is 0. The van der Waals surface area contributed by atoms with Crippen molar-refractivity contribution in [3.8, 4) is 5.75 Å². The number of aldehydes is 1. The Morgan fingerprint density at radius 2 is 2.43 bits per heavy atom. The summed E-state index contributed by atoms with van der Waals surface area (Å²) in [6.07, 6.45) is 1.10. The maximum atomic E-state index is 10.5. The van der Waals surface area contributed by atoms with Gasteiger partial charge in [0.05, 0.1) is 6.61 Å². The smallest absolute Gasteiger partial charge is 0.150 e. The normalized spacial score (nSPS) is 19.1. The molecule has 0 unspecified atom stereocenters. The third kappa shape index (κ3) is 2.12. The molecule has 0 saturated carbocycles. The predicted molar refractivity (Wildman–Crippen MR) is 51.8 cm³/mol. The second-order valence-corrected chi connectivity index (χ2v) is 3.41. The van der Waals surface area contributed by atoms with E-state index in [1.54, 1.807) is 6.07 Å². The summed E-state index contributed by atoms with van der Waals surface area (Å²) in [6, 6.07) is 5.39. The van der Waals surface area contributed by atoms with Crippen LogP contribution in [0.2, 0.25) is 0 Å². The quantitative estimate of drug-likeness (QED) is 0.537. The van der Waals surface area contributed by atoms with Crippen LogP contribution >= 0.6 is 0 Å². The number of epoxide rings is 1. The molecule has 2 rings (SSSR count). The molecule has 0 amide bonds. The lowest BCUT2D eigenvalue weighted by Crippen LogP contribution is -2.05. The fraction of sp³-hybridized carbons (Fsp3) is 0.364. The Bertz CT molecular complexity index is 342. The number of carbonyl (C=O) groups excluding carboxylic acids is 1. The number of rotatable bonds is 4. The molecule has 3 nitrogen and oxygen atoms in total. The molecule has 1 heterocycles. The van der Waals surface area contributed by atoms with E-state index < -0.39 is 0 Å². The molecule has 1 atom stereocenters.